The van der Waals surface area contributed by atoms with Crippen molar-refractivity contribution in [2.75, 3.05) is 12.4 Å². The van der Waals surface area contributed by atoms with Crippen molar-refractivity contribution >= 4 is 11.6 Å². The van der Waals surface area contributed by atoms with E-state index < -0.39 is 0 Å². The topological polar surface area (TPSA) is 64.3 Å². The van der Waals surface area contributed by atoms with Crippen LogP contribution in [0.4, 0.5) is 5.69 Å². The van der Waals surface area contributed by atoms with Gasteiger partial charge in [0.05, 0.1) is 6.61 Å². The normalized spacial score (nSPS) is 22.4. The van der Waals surface area contributed by atoms with Gasteiger partial charge in [-0.2, -0.15) is 0 Å². The first-order valence-corrected chi connectivity index (χ1v) is 6.83. The number of nitrogens with one attached hydrogen (secondary N) is 1. The van der Waals surface area contributed by atoms with E-state index >= 15 is 0 Å². The zero-order valence-electron chi connectivity index (χ0n) is 11.4. The molecule has 19 heavy (non-hydrogen) atoms. The van der Waals surface area contributed by atoms with Gasteiger partial charge < -0.3 is 15.8 Å². The Bertz CT molecular complexity index is 434. The van der Waals surface area contributed by atoms with E-state index in [2.05, 4.69) is 5.32 Å². The maximum absolute atomic E-state index is 12.1. The Morgan fingerprint density at radius 1 is 1.42 bits per heavy atom. The van der Waals surface area contributed by atoms with Crippen molar-refractivity contribution in [3.8, 4) is 0 Å². The number of hydrogen-bond donors (Lipinski definition) is 2. The van der Waals surface area contributed by atoms with Gasteiger partial charge in [-0.3, -0.25) is 4.79 Å². The van der Waals surface area contributed by atoms with Crippen LogP contribution in [0.2, 0.25) is 0 Å². The van der Waals surface area contributed by atoms with Crippen molar-refractivity contribution in [3.63, 3.8) is 0 Å². The van der Waals surface area contributed by atoms with Gasteiger partial charge in [0.25, 0.3) is 0 Å². The number of amides is 1. The molecule has 2 rings (SSSR count). The minimum atomic E-state index is 0.0471. The predicted octanol–water partition coefficient (Wildman–Crippen LogP) is 2.29. The van der Waals surface area contributed by atoms with Crippen LogP contribution >= 0.6 is 0 Å². The fourth-order valence-corrected chi connectivity index (χ4v) is 2.68. The van der Waals surface area contributed by atoms with Gasteiger partial charge in [-0.05, 0) is 24.8 Å². The monoisotopic (exact) mass is 262 g/mol. The molecule has 2 atom stereocenters. The molecule has 4 nitrogen and oxygen atoms in total. The van der Waals surface area contributed by atoms with Crippen LogP contribution in [0.25, 0.3) is 0 Å². The van der Waals surface area contributed by atoms with Crippen LogP contribution in [0.3, 0.4) is 0 Å². The van der Waals surface area contributed by atoms with Gasteiger partial charge in [0.1, 0.15) is 0 Å². The van der Waals surface area contributed by atoms with Crippen LogP contribution in [0.15, 0.2) is 24.3 Å². The molecule has 0 heterocycles. The number of anilines is 1. The molecular weight excluding hydrogens is 240 g/mol. The van der Waals surface area contributed by atoms with Gasteiger partial charge in [0.15, 0.2) is 0 Å². The van der Waals surface area contributed by atoms with Crippen molar-refractivity contribution < 1.29 is 9.53 Å². The molecule has 1 fully saturated rings. The van der Waals surface area contributed by atoms with E-state index in [0.29, 0.717) is 18.9 Å². The van der Waals surface area contributed by atoms with Crippen LogP contribution in [0.1, 0.15) is 31.2 Å². The summed E-state index contributed by atoms with van der Waals surface area (Å²) in [5.74, 6) is 0.375. The lowest BCUT2D eigenvalue weighted by Crippen LogP contribution is -2.28. The highest BCUT2D eigenvalue weighted by atomic mass is 16.5. The number of para-hydroxylation sites is 1. The smallest absolute Gasteiger partial charge is 0.224 e. The summed E-state index contributed by atoms with van der Waals surface area (Å²) in [6, 6.07) is 7.90. The summed E-state index contributed by atoms with van der Waals surface area (Å²) in [5, 5.41) is 2.97. The molecule has 1 saturated carbocycles. The maximum Gasteiger partial charge on any atom is 0.224 e. The van der Waals surface area contributed by atoms with E-state index in [-0.39, 0.29) is 11.9 Å². The van der Waals surface area contributed by atoms with Gasteiger partial charge in [0, 0.05) is 30.8 Å². The Morgan fingerprint density at radius 3 is 2.89 bits per heavy atom. The quantitative estimate of drug-likeness (QED) is 0.855. The molecule has 0 bridgehead atoms. The Balaban J connectivity index is 1.94. The van der Waals surface area contributed by atoms with Gasteiger partial charge in [-0.15, -0.1) is 0 Å². The Hall–Kier alpha value is -1.39. The molecule has 4 heteroatoms. The van der Waals surface area contributed by atoms with Crippen LogP contribution in [0, 0.1) is 5.92 Å². The number of carbonyl (C=O) groups excluding carboxylic acids is 1. The summed E-state index contributed by atoms with van der Waals surface area (Å²) in [7, 11) is 1.65. The number of methoxy groups -OCH3 is 1. The number of ether oxygens (including phenoxy) is 1. The first-order valence-electron chi connectivity index (χ1n) is 6.83. The van der Waals surface area contributed by atoms with Crippen molar-refractivity contribution in [1.29, 1.82) is 0 Å². The van der Waals surface area contributed by atoms with E-state index in [1.807, 2.05) is 24.3 Å². The van der Waals surface area contributed by atoms with Crippen LogP contribution in [-0.4, -0.2) is 19.1 Å². The number of carbonyl (C=O) groups is 1. The van der Waals surface area contributed by atoms with Gasteiger partial charge in [-0.25, -0.2) is 0 Å². The summed E-state index contributed by atoms with van der Waals surface area (Å²) in [6.07, 6.45) is 3.76. The summed E-state index contributed by atoms with van der Waals surface area (Å²) < 4.78 is 5.13. The van der Waals surface area contributed by atoms with Gasteiger partial charge in [-0.1, -0.05) is 24.6 Å². The number of nitrogens with two attached hydrogens (primary N) is 1. The second-order valence-corrected chi connectivity index (χ2v) is 5.20. The molecule has 3 N–H and O–H groups in total. The first-order chi connectivity index (χ1) is 9.20. The third-order valence-corrected chi connectivity index (χ3v) is 3.76. The third-order valence-electron chi connectivity index (χ3n) is 3.76. The zero-order valence-corrected chi connectivity index (χ0v) is 11.4. The highest BCUT2D eigenvalue weighted by Crippen LogP contribution is 2.27. The maximum atomic E-state index is 12.1. The van der Waals surface area contributed by atoms with E-state index in [9.17, 15) is 4.79 Å². The van der Waals surface area contributed by atoms with Gasteiger partial charge in [0.2, 0.25) is 5.91 Å². The summed E-state index contributed by atoms with van der Waals surface area (Å²) in [5.41, 5.74) is 7.83. The van der Waals surface area contributed by atoms with Crippen LogP contribution < -0.4 is 11.1 Å². The van der Waals surface area contributed by atoms with Crippen LogP contribution in [-0.2, 0) is 16.1 Å². The SMILES string of the molecule is COCc1ccccc1NC(=O)C[C@@H]1CCC[C@H]1N. The average Bonchev–Trinajstić information content (AvgIpc) is 2.78. The first kappa shape index (κ1) is 14.0. The number of rotatable bonds is 5. The molecule has 1 aromatic rings. The van der Waals surface area contributed by atoms with Crippen molar-refractivity contribution in [2.45, 2.75) is 38.3 Å². The molecule has 0 unspecified atom stereocenters. The number of benzene rings is 1. The van der Waals surface area contributed by atoms with Crippen molar-refractivity contribution in [2.24, 2.45) is 11.7 Å². The lowest BCUT2D eigenvalue weighted by atomic mass is 10.00. The molecule has 0 aliphatic heterocycles. The molecule has 104 valence electrons. The lowest BCUT2D eigenvalue weighted by molar-refractivity contribution is -0.117. The molecule has 1 aliphatic rings. The van der Waals surface area contributed by atoms with Crippen LogP contribution in [0.5, 0.6) is 0 Å². The standard InChI is InChI=1S/C15H22N2O2/c1-19-10-12-5-2-3-8-14(12)17-15(18)9-11-6-4-7-13(11)16/h2-3,5,8,11,13H,4,6-7,9-10,16H2,1H3,(H,17,18)/t11-,13+/m0/s1. The molecule has 0 aromatic heterocycles. The minimum Gasteiger partial charge on any atom is -0.380 e. The average molecular weight is 262 g/mol. The Morgan fingerprint density at radius 2 is 2.21 bits per heavy atom. The summed E-state index contributed by atoms with van der Waals surface area (Å²) in [4.78, 5) is 12.1. The second kappa shape index (κ2) is 6.68. The highest BCUT2D eigenvalue weighted by molar-refractivity contribution is 5.91. The Labute approximate surface area is 114 Å². The van der Waals surface area contributed by atoms with Crippen molar-refractivity contribution in [3.05, 3.63) is 29.8 Å². The Kier molecular flexibility index (Phi) is 4.93. The third kappa shape index (κ3) is 3.78. The van der Waals surface area contributed by atoms with E-state index in [0.717, 1.165) is 30.5 Å². The largest absolute Gasteiger partial charge is 0.380 e. The highest BCUT2D eigenvalue weighted by Gasteiger charge is 2.26. The zero-order chi connectivity index (χ0) is 13.7. The molecule has 0 spiro atoms. The summed E-state index contributed by atoms with van der Waals surface area (Å²) >= 11 is 0. The van der Waals surface area contributed by atoms with Gasteiger partial charge >= 0.3 is 0 Å². The molecule has 1 aromatic carbocycles. The predicted molar refractivity (Wildman–Crippen MR) is 75.7 cm³/mol. The summed E-state index contributed by atoms with van der Waals surface area (Å²) in [6.45, 7) is 0.499. The van der Waals surface area contributed by atoms with E-state index in [4.69, 9.17) is 10.5 Å². The molecule has 1 aliphatic carbocycles. The van der Waals surface area contributed by atoms with E-state index in [1.54, 1.807) is 7.11 Å². The fourth-order valence-electron chi connectivity index (χ4n) is 2.68. The minimum absolute atomic E-state index is 0.0471. The molecule has 0 radical (unpaired) electrons. The molecule has 1 amide bonds. The fraction of sp³-hybridized carbons (Fsp3) is 0.533. The second-order valence-electron chi connectivity index (χ2n) is 5.20. The number of hydrogen-bond acceptors (Lipinski definition) is 3. The molecular formula is C15H22N2O2. The van der Waals surface area contributed by atoms with E-state index in [1.165, 1.54) is 0 Å². The molecule has 0 saturated heterocycles. The lowest BCUT2D eigenvalue weighted by Gasteiger charge is -2.16. The van der Waals surface area contributed by atoms with Crippen molar-refractivity contribution in [1.82, 2.24) is 0 Å².